The number of benzene rings is 2. The Balaban J connectivity index is 1.16. The second-order valence-corrected chi connectivity index (χ2v) is 7.67. The average molecular weight is 408 g/mol. The van der Waals surface area contributed by atoms with Crippen LogP contribution in [0.25, 0.3) is 11.4 Å². The summed E-state index contributed by atoms with van der Waals surface area (Å²) in [4.78, 5) is 18.5. The van der Waals surface area contributed by atoms with Gasteiger partial charge in [-0.15, -0.1) is 0 Å². The van der Waals surface area contributed by atoms with E-state index in [2.05, 4.69) is 15.5 Å². The van der Waals surface area contributed by atoms with Crippen molar-refractivity contribution < 1.29 is 18.4 Å². The third-order valence-electron chi connectivity index (χ3n) is 5.29. The van der Waals surface area contributed by atoms with Gasteiger partial charge in [-0.3, -0.25) is 0 Å². The van der Waals surface area contributed by atoms with Crippen molar-refractivity contribution >= 4 is 11.7 Å². The van der Waals surface area contributed by atoms with E-state index in [0.29, 0.717) is 36.4 Å². The van der Waals surface area contributed by atoms with E-state index < -0.39 is 0 Å². The molecule has 1 atom stereocenters. The predicted molar refractivity (Wildman–Crippen MR) is 108 cm³/mol. The van der Waals surface area contributed by atoms with Gasteiger partial charge in [0.15, 0.2) is 0 Å². The summed E-state index contributed by atoms with van der Waals surface area (Å²) in [6.45, 7) is 1.05. The number of amides is 2. The van der Waals surface area contributed by atoms with Crippen LogP contribution in [0.5, 0.6) is 5.75 Å². The highest BCUT2D eigenvalue weighted by Gasteiger charge is 2.30. The maximum absolute atomic E-state index is 13.3. The van der Waals surface area contributed by atoms with Crippen LogP contribution in [0.2, 0.25) is 0 Å². The molecule has 0 bridgehead atoms. The van der Waals surface area contributed by atoms with E-state index in [4.69, 9.17) is 9.26 Å². The molecule has 2 heterocycles. The molecule has 1 saturated carbocycles. The first-order valence-electron chi connectivity index (χ1n) is 10.1. The molecule has 3 aromatic rings. The van der Waals surface area contributed by atoms with Crippen LogP contribution in [-0.2, 0) is 0 Å². The number of likely N-dealkylation sites (tertiary alicyclic amines) is 1. The summed E-state index contributed by atoms with van der Waals surface area (Å²) in [7, 11) is 0. The number of carbonyl (C=O) groups excluding carboxylic acids is 1. The molecule has 2 fully saturated rings. The number of nitrogens with zero attached hydrogens (tertiary/aromatic N) is 3. The van der Waals surface area contributed by atoms with Crippen molar-refractivity contribution in [3.05, 3.63) is 60.2 Å². The lowest BCUT2D eigenvalue weighted by molar-refractivity contribution is 0.195. The molecule has 5 rings (SSSR count). The molecule has 2 aliphatic rings. The minimum Gasteiger partial charge on any atom is -0.489 e. The third kappa shape index (κ3) is 4.12. The third-order valence-corrected chi connectivity index (χ3v) is 5.29. The van der Waals surface area contributed by atoms with Crippen molar-refractivity contribution in [3.8, 4) is 17.1 Å². The number of aromatic nitrogens is 2. The Morgan fingerprint density at radius 2 is 2.00 bits per heavy atom. The van der Waals surface area contributed by atoms with Gasteiger partial charge in [0.2, 0.25) is 11.7 Å². The van der Waals surface area contributed by atoms with Crippen LogP contribution >= 0.6 is 0 Å². The van der Waals surface area contributed by atoms with E-state index in [9.17, 15) is 9.18 Å². The van der Waals surface area contributed by atoms with Crippen molar-refractivity contribution in [2.24, 2.45) is 0 Å². The number of halogens is 1. The number of nitrogens with one attached hydrogen (secondary N) is 1. The zero-order valence-electron chi connectivity index (χ0n) is 16.3. The smallest absolute Gasteiger partial charge is 0.321 e. The van der Waals surface area contributed by atoms with E-state index >= 15 is 0 Å². The standard InChI is InChI=1S/C22H21FN4O3/c23-16-2-1-3-17(12-16)24-22(28)27-11-10-19(13-27)29-18-8-6-14(7-9-18)20-25-21(30-26-20)15-4-5-15/h1-3,6-9,12,15,19H,4-5,10-11,13H2,(H,24,28). The van der Waals surface area contributed by atoms with Gasteiger partial charge in [-0.25, -0.2) is 9.18 Å². The van der Waals surface area contributed by atoms with Crippen LogP contribution in [0, 0.1) is 5.82 Å². The van der Waals surface area contributed by atoms with Crippen LogP contribution < -0.4 is 10.1 Å². The quantitative estimate of drug-likeness (QED) is 0.675. The fraction of sp³-hybridized carbons (Fsp3) is 0.318. The van der Waals surface area contributed by atoms with E-state index in [1.807, 2.05) is 24.3 Å². The highest BCUT2D eigenvalue weighted by molar-refractivity contribution is 5.89. The Morgan fingerprint density at radius 1 is 1.17 bits per heavy atom. The molecule has 8 heteroatoms. The highest BCUT2D eigenvalue weighted by Crippen LogP contribution is 2.39. The van der Waals surface area contributed by atoms with Crippen molar-refractivity contribution in [2.75, 3.05) is 18.4 Å². The Bertz CT molecular complexity index is 1050. The van der Waals surface area contributed by atoms with Gasteiger partial charge in [0, 0.05) is 30.1 Å². The molecule has 1 aliphatic heterocycles. The van der Waals surface area contributed by atoms with Gasteiger partial charge in [0.05, 0.1) is 6.54 Å². The van der Waals surface area contributed by atoms with E-state index in [1.165, 1.54) is 12.1 Å². The molecule has 0 radical (unpaired) electrons. The molecular formula is C22H21FN4O3. The molecule has 1 unspecified atom stereocenters. The molecule has 7 nitrogen and oxygen atoms in total. The molecule has 0 spiro atoms. The Hall–Kier alpha value is -3.42. The summed E-state index contributed by atoms with van der Waals surface area (Å²) in [6, 6.07) is 13.1. The lowest BCUT2D eigenvalue weighted by Crippen LogP contribution is -2.34. The first kappa shape index (κ1) is 18.6. The maximum atomic E-state index is 13.3. The Labute approximate surface area is 172 Å². The van der Waals surface area contributed by atoms with Crippen LogP contribution in [0.15, 0.2) is 53.1 Å². The van der Waals surface area contributed by atoms with Gasteiger partial charge in [0.25, 0.3) is 0 Å². The fourth-order valence-corrected chi connectivity index (χ4v) is 3.50. The fourth-order valence-electron chi connectivity index (χ4n) is 3.50. The van der Waals surface area contributed by atoms with Crippen molar-refractivity contribution in [1.29, 1.82) is 0 Å². The van der Waals surface area contributed by atoms with Gasteiger partial charge < -0.3 is 19.5 Å². The molecule has 2 aromatic carbocycles. The molecule has 1 aliphatic carbocycles. The average Bonchev–Trinajstić information content (AvgIpc) is 3.28. The summed E-state index contributed by atoms with van der Waals surface area (Å²) >= 11 is 0. The zero-order valence-corrected chi connectivity index (χ0v) is 16.3. The summed E-state index contributed by atoms with van der Waals surface area (Å²) < 4.78 is 24.6. The summed E-state index contributed by atoms with van der Waals surface area (Å²) in [5.74, 6) is 2.07. The second kappa shape index (κ2) is 7.78. The van der Waals surface area contributed by atoms with Crippen LogP contribution in [0.1, 0.15) is 31.1 Å². The van der Waals surface area contributed by atoms with E-state index in [1.54, 1.807) is 17.0 Å². The first-order chi connectivity index (χ1) is 14.6. The summed E-state index contributed by atoms with van der Waals surface area (Å²) in [5, 5.41) is 6.77. The maximum Gasteiger partial charge on any atom is 0.321 e. The number of ether oxygens (including phenoxy) is 1. The number of rotatable bonds is 5. The number of anilines is 1. The van der Waals surface area contributed by atoms with Crippen LogP contribution in [0.4, 0.5) is 14.9 Å². The van der Waals surface area contributed by atoms with Crippen LogP contribution in [-0.4, -0.2) is 40.3 Å². The molecule has 1 saturated heterocycles. The second-order valence-electron chi connectivity index (χ2n) is 7.67. The zero-order chi connectivity index (χ0) is 20.5. The summed E-state index contributed by atoms with van der Waals surface area (Å²) in [6.07, 6.45) is 2.87. The van der Waals surface area contributed by atoms with E-state index in [0.717, 1.165) is 30.6 Å². The molecule has 1 aromatic heterocycles. The van der Waals surface area contributed by atoms with Crippen LogP contribution in [0.3, 0.4) is 0 Å². The molecule has 2 amide bonds. The minimum atomic E-state index is -0.386. The number of carbonyl (C=O) groups is 1. The molecule has 1 N–H and O–H groups in total. The van der Waals surface area contributed by atoms with Gasteiger partial charge in [-0.05, 0) is 55.3 Å². The largest absolute Gasteiger partial charge is 0.489 e. The SMILES string of the molecule is O=C(Nc1cccc(F)c1)N1CCC(Oc2ccc(-c3noc(C4CC4)n3)cc2)C1. The van der Waals surface area contributed by atoms with Gasteiger partial charge in [-0.2, -0.15) is 4.98 Å². The van der Waals surface area contributed by atoms with E-state index in [-0.39, 0.29) is 18.0 Å². The molecule has 30 heavy (non-hydrogen) atoms. The minimum absolute atomic E-state index is 0.0965. The summed E-state index contributed by atoms with van der Waals surface area (Å²) in [5.41, 5.74) is 1.31. The topological polar surface area (TPSA) is 80.5 Å². The van der Waals surface area contributed by atoms with Gasteiger partial charge in [-0.1, -0.05) is 11.2 Å². The normalized spacial score (nSPS) is 18.4. The van der Waals surface area contributed by atoms with Gasteiger partial charge >= 0.3 is 6.03 Å². The predicted octanol–water partition coefficient (Wildman–Crippen LogP) is 4.44. The monoisotopic (exact) mass is 408 g/mol. The lowest BCUT2D eigenvalue weighted by atomic mass is 10.2. The van der Waals surface area contributed by atoms with Crippen molar-refractivity contribution in [3.63, 3.8) is 0 Å². The van der Waals surface area contributed by atoms with Crippen molar-refractivity contribution in [1.82, 2.24) is 15.0 Å². The lowest BCUT2D eigenvalue weighted by Gasteiger charge is -2.18. The number of urea groups is 1. The number of hydrogen-bond acceptors (Lipinski definition) is 5. The molecular weight excluding hydrogens is 387 g/mol. The Morgan fingerprint density at radius 3 is 2.77 bits per heavy atom. The van der Waals surface area contributed by atoms with Crippen molar-refractivity contribution in [2.45, 2.75) is 31.3 Å². The number of hydrogen-bond donors (Lipinski definition) is 1. The first-order valence-corrected chi connectivity index (χ1v) is 10.1. The highest BCUT2D eigenvalue weighted by atomic mass is 19.1. The molecule has 154 valence electrons. The Kier molecular flexibility index (Phi) is 4.82. The van der Waals surface area contributed by atoms with Gasteiger partial charge in [0.1, 0.15) is 17.7 Å².